The van der Waals surface area contributed by atoms with Gasteiger partial charge < -0.3 is 10.6 Å². The van der Waals surface area contributed by atoms with E-state index < -0.39 is 11.8 Å². The van der Waals surface area contributed by atoms with Crippen molar-refractivity contribution in [3.63, 3.8) is 0 Å². The molecule has 0 saturated carbocycles. The first-order valence-electron chi connectivity index (χ1n) is 5.70. The highest BCUT2D eigenvalue weighted by Crippen LogP contribution is 2.27. The minimum atomic E-state index is -0.711. The van der Waals surface area contributed by atoms with E-state index in [2.05, 4.69) is 10.6 Å². The summed E-state index contributed by atoms with van der Waals surface area (Å²) in [6.45, 7) is 7.31. The van der Waals surface area contributed by atoms with Crippen LogP contribution in [0.15, 0.2) is 12.1 Å². The fraction of sp³-hybridized carbons (Fsp3) is 0.385. The first kappa shape index (κ1) is 14.5. The molecule has 1 rings (SSSR count). The second kappa shape index (κ2) is 5.87. The molecule has 18 heavy (non-hydrogen) atoms. The molecular weight excluding hydrogens is 252 g/mol. The molecule has 0 spiro atoms. The van der Waals surface area contributed by atoms with Crippen LogP contribution in [0.5, 0.6) is 0 Å². The van der Waals surface area contributed by atoms with E-state index in [1.165, 1.54) is 0 Å². The summed E-state index contributed by atoms with van der Waals surface area (Å²) in [5.74, 6) is -1.38. The van der Waals surface area contributed by atoms with Crippen molar-refractivity contribution in [3.8, 4) is 0 Å². The van der Waals surface area contributed by atoms with Crippen molar-refractivity contribution in [1.29, 1.82) is 0 Å². The summed E-state index contributed by atoms with van der Waals surface area (Å²) in [6.07, 6.45) is 0. The molecule has 1 aromatic carbocycles. The van der Waals surface area contributed by atoms with Gasteiger partial charge in [-0.3, -0.25) is 9.59 Å². The van der Waals surface area contributed by atoms with Gasteiger partial charge in [0.25, 0.3) is 0 Å². The van der Waals surface area contributed by atoms with Gasteiger partial charge in [0.15, 0.2) is 0 Å². The maximum Gasteiger partial charge on any atom is 0.313 e. The number of carbonyl (C=O) groups is 2. The summed E-state index contributed by atoms with van der Waals surface area (Å²) in [5.41, 5.74) is 2.30. The lowest BCUT2D eigenvalue weighted by Gasteiger charge is -2.12. The fourth-order valence-corrected chi connectivity index (χ4v) is 1.94. The molecule has 0 saturated heterocycles. The third-order valence-electron chi connectivity index (χ3n) is 2.30. The Morgan fingerprint density at radius 1 is 1.17 bits per heavy atom. The van der Waals surface area contributed by atoms with Gasteiger partial charge in [-0.15, -0.1) is 0 Å². The first-order chi connectivity index (χ1) is 8.31. The summed E-state index contributed by atoms with van der Waals surface area (Å²) < 4.78 is 0. The number of anilines is 1. The van der Waals surface area contributed by atoms with Gasteiger partial charge in [0.1, 0.15) is 0 Å². The van der Waals surface area contributed by atoms with Gasteiger partial charge in [0.05, 0.1) is 10.7 Å². The summed E-state index contributed by atoms with van der Waals surface area (Å²) in [7, 11) is 0. The van der Waals surface area contributed by atoms with Crippen LogP contribution in [0, 0.1) is 13.8 Å². The molecule has 5 heteroatoms. The van der Waals surface area contributed by atoms with E-state index in [1.54, 1.807) is 19.9 Å². The van der Waals surface area contributed by atoms with Crippen molar-refractivity contribution in [1.82, 2.24) is 5.32 Å². The molecule has 0 aliphatic heterocycles. The number of aryl methyl sites for hydroxylation is 2. The van der Waals surface area contributed by atoms with Crippen LogP contribution in [0.2, 0.25) is 5.02 Å². The molecule has 0 radical (unpaired) electrons. The number of nitrogens with one attached hydrogen (secondary N) is 2. The Hall–Kier alpha value is -1.55. The van der Waals surface area contributed by atoms with Crippen molar-refractivity contribution in [3.05, 3.63) is 28.3 Å². The number of benzene rings is 1. The van der Waals surface area contributed by atoms with Crippen molar-refractivity contribution in [2.24, 2.45) is 0 Å². The number of hydrogen-bond acceptors (Lipinski definition) is 2. The van der Waals surface area contributed by atoms with Crippen molar-refractivity contribution < 1.29 is 9.59 Å². The van der Waals surface area contributed by atoms with Crippen molar-refractivity contribution in [2.45, 2.75) is 33.7 Å². The zero-order chi connectivity index (χ0) is 13.9. The Bertz CT molecular complexity index is 461. The average molecular weight is 269 g/mol. The molecule has 0 unspecified atom stereocenters. The third-order valence-corrected chi connectivity index (χ3v) is 2.59. The fourth-order valence-electron chi connectivity index (χ4n) is 1.57. The molecule has 0 heterocycles. The summed E-state index contributed by atoms with van der Waals surface area (Å²) in [6, 6.07) is 3.55. The van der Waals surface area contributed by atoms with E-state index in [0.29, 0.717) is 10.7 Å². The number of halogens is 1. The Labute approximate surface area is 112 Å². The number of rotatable bonds is 2. The van der Waals surface area contributed by atoms with Gasteiger partial charge >= 0.3 is 11.8 Å². The minimum absolute atomic E-state index is 0.0853. The lowest BCUT2D eigenvalue weighted by atomic mass is 10.1. The Kier molecular flexibility index (Phi) is 4.73. The van der Waals surface area contributed by atoms with E-state index >= 15 is 0 Å². The highest BCUT2D eigenvalue weighted by molar-refractivity contribution is 6.41. The third kappa shape index (κ3) is 3.74. The van der Waals surface area contributed by atoms with E-state index in [1.807, 2.05) is 19.9 Å². The Balaban J connectivity index is 2.86. The van der Waals surface area contributed by atoms with Crippen LogP contribution in [-0.2, 0) is 9.59 Å². The molecule has 0 aliphatic rings. The lowest BCUT2D eigenvalue weighted by molar-refractivity contribution is -0.136. The summed E-state index contributed by atoms with van der Waals surface area (Å²) in [5, 5.41) is 5.48. The Morgan fingerprint density at radius 3 is 2.28 bits per heavy atom. The maximum absolute atomic E-state index is 11.7. The van der Waals surface area contributed by atoms with Gasteiger partial charge in [-0.1, -0.05) is 17.7 Å². The zero-order valence-corrected chi connectivity index (χ0v) is 11.7. The number of carbonyl (C=O) groups excluding carboxylic acids is 2. The largest absolute Gasteiger partial charge is 0.346 e. The van der Waals surface area contributed by atoms with Gasteiger partial charge in [-0.05, 0) is 44.9 Å². The summed E-state index contributed by atoms with van der Waals surface area (Å²) >= 11 is 6.04. The lowest BCUT2D eigenvalue weighted by Crippen LogP contribution is -2.39. The second-order valence-corrected chi connectivity index (χ2v) is 4.93. The van der Waals surface area contributed by atoms with Gasteiger partial charge in [0.2, 0.25) is 0 Å². The highest BCUT2D eigenvalue weighted by atomic mass is 35.5. The molecule has 0 fully saturated rings. The molecule has 0 aromatic heterocycles. The van der Waals surface area contributed by atoms with E-state index in [4.69, 9.17) is 11.6 Å². The molecule has 2 amide bonds. The molecule has 1 aromatic rings. The van der Waals surface area contributed by atoms with Gasteiger partial charge in [-0.2, -0.15) is 0 Å². The SMILES string of the molecule is Cc1cc(C)c(NC(=O)C(=O)NC(C)C)c(Cl)c1. The first-order valence-corrected chi connectivity index (χ1v) is 6.07. The van der Waals surface area contributed by atoms with Crippen LogP contribution in [0.1, 0.15) is 25.0 Å². The topological polar surface area (TPSA) is 58.2 Å². The molecule has 0 bridgehead atoms. The monoisotopic (exact) mass is 268 g/mol. The summed E-state index contributed by atoms with van der Waals surface area (Å²) in [4.78, 5) is 23.1. The van der Waals surface area contributed by atoms with Crippen LogP contribution in [0.4, 0.5) is 5.69 Å². The standard InChI is InChI=1S/C13H17ClN2O2/c1-7(2)15-12(17)13(18)16-11-9(4)5-8(3)6-10(11)14/h5-7H,1-4H3,(H,15,17)(H,16,18). The van der Waals surface area contributed by atoms with Gasteiger partial charge in [-0.25, -0.2) is 0 Å². The van der Waals surface area contributed by atoms with Crippen LogP contribution in [-0.4, -0.2) is 17.9 Å². The smallest absolute Gasteiger partial charge is 0.313 e. The average Bonchev–Trinajstić information content (AvgIpc) is 2.21. The molecule has 2 N–H and O–H groups in total. The van der Waals surface area contributed by atoms with E-state index in [0.717, 1.165) is 11.1 Å². The predicted octanol–water partition coefficient (Wildman–Crippen LogP) is 2.42. The molecule has 0 aliphatic carbocycles. The van der Waals surface area contributed by atoms with Crippen LogP contribution < -0.4 is 10.6 Å². The second-order valence-electron chi connectivity index (χ2n) is 4.52. The van der Waals surface area contributed by atoms with E-state index in [9.17, 15) is 9.59 Å². The van der Waals surface area contributed by atoms with Crippen molar-refractivity contribution in [2.75, 3.05) is 5.32 Å². The van der Waals surface area contributed by atoms with Crippen molar-refractivity contribution >= 4 is 29.1 Å². The van der Waals surface area contributed by atoms with Crippen LogP contribution in [0.3, 0.4) is 0 Å². The molecule has 4 nitrogen and oxygen atoms in total. The molecule has 98 valence electrons. The van der Waals surface area contributed by atoms with Crippen LogP contribution >= 0.6 is 11.6 Å². The molecular formula is C13H17ClN2O2. The number of hydrogen-bond donors (Lipinski definition) is 2. The normalized spacial score (nSPS) is 10.3. The highest BCUT2D eigenvalue weighted by Gasteiger charge is 2.17. The molecule has 0 atom stereocenters. The zero-order valence-electron chi connectivity index (χ0n) is 10.9. The number of amides is 2. The minimum Gasteiger partial charge on any atom is -0.346 e. The maximum atomic E-state index is 11.7. The predicted molar refractivity (Wildman–Crippen MR) is 72.8 cm³/mol. The van der Waals surface area contributed by atoms with E-state index in [-0.39, 0.29) is 6.04 Å². The Morgan fingerprint density at radius 2 is 1.78 bits per heavy atom. The van der Waals surface area contributed by atoms with Crippen LogP contribution in [0.25, 0.3) is 0 Å². The van der Waals surface area contributed by atoms with Gasteiger partial charge in [0, 0.05) is 6.04 Å². The quantitative estimate of drug-likeness (QED) is 0.810.